The standard InChI is InChI=1S/C10H20N4/c1-3-9-7-10(14-13-9)8-12-6-5-11-4-2/h7,11-12H,3-6,8H2,1-2H3,(H,13,14). The number of hydrogen-bond donors (Lipinski definition) is 3. The molecule has 1 aromatic rings. The van der Waals surface area contributed by atoms with Crippen LogP contribution in [0.3, 0.4) is 0 Å². The average molecular weight is 196 g/mol. The van der Waals surface area contributed by atoms with Gasteiger partial charge < -0.3 is 10.6 Å². The number of likely N-dealkylation sites (N-methyl/N-ethyl adjacent to an activating group) is 1. The number of aromatic nitrogens is 2. The van der Waals surface area contributed by atoms with Crippen LogP contribution in [0, 0.1) is 0 Å². The topological polar surface area (TPSA) is 52.7 Å². The summed E-state index contributed by atoms with van der Waals surface area (Å²) in [6, 6.07) is 2.11. The van der Waals surface area contributed by atoms with Gasteiger partial charge in [0.05, 0.1) is 5.69 Å². The van der Waals surface area contributed by atoms with Crippen LogP contribution >= 0.6 is 0 Å². The highest BCUT2D eigenvalue weighted by atomic mass is 15.1. The number of hydrogen-bond acceptors (Lipinski definition) is 3. The van der Waals surface area contributed by atoms with E-state index in [0.29, 0.717) is 0 Å². The van der Waals surface area contributed by atoms with Crippen molar-refractivity contribution in [1.29, 1.82) is 0 Å². The highest BCUT2D eigenvalue weighted by Gasteiger charge is 1.97. The number of rotatable bonds is 7. The Morgan fingerprint density at radius 1 is 1.29 bits per heavy atom. The van der Waals surface area contributed by atoms with Gasteiger partial charge >= 0.3 is 0 Å². The molecule has 0 radical (unpaired) electrons. The summed E-state index contributed by atoms with van der Waals surface area (Å²) in [5.41, 5.74) is 2.30. The summed E-state index contributed by atoms with van der Waals surface area (Å²) in [6.45, 7) is 8.14. The van der Waals surface area contributed by atoms with Gasteiger partial charge in [-0.15, -0.1) is 0 Å². The third-order valence-corrected chi connectivity index (χ3v) is 2.09. The second kappa shape index (κ2) is 6.56. The van der Waals surface area contributed by atoms with E-state index in [4.69, 9.17) is 0 Å². The van der Waals surface area contributed by atoms with Crippen molar-refractivity contribution in [3.8, 4) is 0 Å². The quantitative estimate of drug-likeness (QED) is 0.562. The lowest BCUT2D eigenvalue weighted by Crippen LogP contribution is -2.26. The first-order valence-corrected chi connectivity index (χ1v) is 5.31. The van der Waals surface area contributed by atoms with Gasteiger partial charge in [0, 0.05) is 25.3 Å². The number of H-pyrrole nitrogens is 1. The fraction of sp³-hybridized carbons (Fsp3) is 0.700. The van der Waals surface area contributed by atoms with Gasteiger partial charge in [-0.25, -0.2) is 0 Å². The van der Waals surface area contributed by atoms with Gasteiger partial charge in [-0.1, -0.05) is 13.8 Å². The van der Waals surface area contributed by atoms with Crippen LogP contribution in [0.15, 0.2) is 6.07 Å². The number of nitrogens with zero attached hydrogens (tertiary/aromatic N) is 1. The Labute approximate surface area is 85.5 Å². The molecule has 0 aliphatic carbocycles. The molecule has 0 aliphatic heterocycles. The fourth-order valence-electron chi connectivity index (χ4n) is 1.26. The molecule has 0 bridgehead atoms. The Bertz CT molecular complexity index is 244. The molecule has 1 rings (SSSR count). The van der Waals surface area contributed by atoms with Gasteiger partial charge in [-0.3, -0.25) is 5.10 Å². The summed E-state index contributed by atoms with van der Waals surface area (Å²) >= 11 is 0. The smallest absolute Gasteiger partial charge is 0.0622 e. The van der Waals surface area contributed by atoms with Crippen molar-refractivity contribution in [2.75, 3.05) is 19.6 Å². The molecule has 1 heterocycles. The van der Waals surface area contributed by atoms with Crippen LogP contribution in [0.2, 0.25) is 0 Å². The Kier molecular flexibility index (Phi) is 5.25. The molecule has 14 heavy (non-hydrogen) atoms. The summed E-state index contributed by atoms with van der Waals surface area (Å²) in [5, 5.41) is 13.8. The van der Waals surface area contributed by atoms with Crippen LogP contribution in [0.25, 0.3) is 0 Å². The van der Waals surface area contributed by atoms with Gasteiger partial charge in [0.25, 0.3) is 0 Å². The van der Waals surface area contributed by atoms with E-state index in [9.17, 15) is 0 Å². The van der Waals surface area contributed by atoms with Crippen molar-refractivity contribution in [1.82, 2.24) is 20.8 Å². The summed E-state index contributed by atoms with van der Waals surface area (Å²) in [5.74, 6) is 0. The van der Waals surface area contributed by atoms with Crippen LogP contribution < -0.4 is 10.6 Å². The fourth-order valence-corrected chi connectivity index (χ4v) is 1.26. The van der Waals surface area contributed by atoms with E-state index >= 15 is 0 Å². The number of aromatic amines is 1. The summed E-state index contributed by atoms with van der Waals surface area (Å²) in [4.78, 5) is 0. The zero-order valence-corrected chi connectivity index (χ0v) is 9.06. The maximum Gasteiger partial charge on any atom is 0.0622 e. The van der Waals surface area contributed by atoms with Gasteiger partial charge in [0.1, 0.15) is 0 Å². The second-order valence-electron chi connectivity index (χ2n) is 3.27. The molecular formula is C10H20N4. The molecule has 0 atom stereocenters. The Balaban J connectivity index is 2.12. The maximum atomic E-state index is 4.17. The molecule has 80 valence electrons. The van der Waals surface area contributed by atoms with Gasteiger partial charge in [0.2, 0.25) is 0 Å². The van der Waals surface area contributed by atoms with Gasteiger partial charge in [-0.05, 0) is 19.0 Å². The van der Waals surface area contributed by atoms with E-state index in [-0.39, 0.29) is 0 Å². The minimum Gasteiger partial charge on any atom is -0.316 e. The first kappa shape index (κ1) is 11.2. The van der Waals surface area contributed by atoms with Crippen LogP contribution in [0.5, 0.6) is 0 Å². The van der Waals surface area contributed by atoms with Crippen LogP contribution in [0.4, 0.5) is 0 Å². The average Bonchev–Trinajstić information content (AvgIpc) is 2.65. The maximum absolute atomic E-state index is 4.17. The zero-order chi connectivity index (χ0) is 10.2. The van der Waals surface area contributed by atoms with Gasteiger partial charge in [-0.2, -0.15) is 5.10 Å². The Morgan fingerprint density at radius 3 is 2.71 bits per heavy atom. The third-order valence-electron chi connectivity index (χ3n) is 2.09. The monoisotopic (exact) mass is 196 g/mol. The highest BCUT2D eigenvalue weighted by molar-refractivity contribution is 5.07. The molecule has 0 fully saturated rings. The molecule has 4 heteroatoms. The van der Waals surface area contributed by atoms with E-state index in [1.807, 2.05) is 0 Å². The molecular weight excluding hydrogens is 176 g/mol. The van der Waals surface area contributed by atoms with Crippen molar-refractivity contribution in [3.63, 3.8) is 0 Å². The van der Waals surface area contributed by atoms with E-state index in [1.165, 1.54) is 5.69 Å². The van der Waals surface area contributed by atoms with Gasteiger partial charge in [0.15, 0.2) is 0 Å². The van der Waals surface area contributed by atoms with E-state index in [0.717, 1.165) is 38.3 Å². The minimum absolute atomic E-state index is 0.873. The number of nitrogens with one attached hydrogen (secondary N) is 3. The molecule has 4 nitrogen and oxygen atoms in total. The zero-order valence-electron chi connectivity index (χ0n) is 9.06. The second-order valence-corrected chi connectivity index (χ2v) is 3.27. The molecule has 0 spiro atoms. The van der Waals surface area contributed by atoms with Crippen molar-refractivity contribution < 1.29 is 0 Å². The van der Waals surface area contributed by atoms with E-state index in [2.05, 4.69) is 40.7 Å². The molecule has 0 saturated carbocycles. The lowest BCUT2D eigenvalue weighted by atomic mass is 10.3. The molecule has 1 aromatic heterocycles. The normalized spacial score (nSPS) is 10.7. The van der Waals surface area contributed by atoms with Crippen molar-refractivity contribution in [2.24, 2.45) is 0 Å². The summed E-state index contributed by atoms with van der Waals surface area (Å²) in [7, 11) is 0. The van der Waals surface area contributed by atoms with Crippen molar-refractivity contribution in [3.05, 3.63) is 17.5 Å². The summed E-state index contributed by atoms with van der Waals surface area (Å²) in [6.07, 6.45) is 0.994. The van der Waals surface area contributed by atoms with Crippen LogP contribution in [-0.4, -0.2) is 29.8 Å². The van der Waals surface area contributed by atoms with E-state index in [1.54, 1.807) is 0 Å². The Morgan fingerprint density at radius 2 is 2.07 bits per heavy atom. The molecule has 3 N–H and O–H groups in total. The predicted octanol–water partition coefficient (Wildman–Crippen LogP) is 0.671. The summed E-state index contributed by atoms with van der Waals surface area (Å²) < 4.78 is 0. The largest absolute Gasteiger partial charge is 0.316 e. The lowest BCUT2D eigenvalue weighted by Gasteiger charge is -2.02. The predicted molar refractivity (Wildman–Crippen MR) is 58.2 cm³/mol. The molecule has 0 saturated heterocycles. The SMILES string of the molecule is CCNCCNCc1cc(CC)n[nH]1. The van der Waals surface area contributed by atoms with Crippen molar-refractivity contribution >= 4 is 0 Å². The molecule has 0 unspecified atom stereocenters. The first-order valence-electron chi connectivity index (χ1n) is 5.31. The van der Waals surface area contributed by atoms with E-state index < -0.39 is 0 Å². The molecule has 0 amide bonds. The number of aryl methyl sites for hydroxylation is 1. The Hall–Kier alpha value is -0.870. The minimum atomic E-state index is 0.873. The van der Waals surface area contributed by atoms with Crippen LogP contribution in [0.1, 0.15) is 25.2 Å². The van der Waals surface area contributed by atoms with Crippen LogP contribution in [-0.2, 0) is 13.0 Å². The first-order chi connectivity index (χ1) is 6.86. The lowest BCUT2D eigenvalue weighted by molar-refractivity contribution is 0.618. The third kappa shape index (κ3) is 3.89. The highest BCUT2D eigenvalue weighted by Crippen LogP contribution is 1.98. The molecule has 0 aliphatic rings. The molecule has 0 aromatic carbocycles. The van der Waals surface area contributed by atoms with Crippen molar-refractivity contribution in [2.45, 2.75) is 26.8 Å².